The Morgan fingerprint density at radius 3 is 2.62 bits per heavy atom. The molecule has 0 aliphatic heterocycles. The molecule has 0 spiro atoms. The Kier molecular flexibility index (Phi) is 4.92. The summed E-state index contributed by atoms with van der Waals surface area (Å²) in [5.41, 5.74) is 1.66. The first-order chi connectivity index (χ1) is 12.4. The monoisotopic (exact) mass is 355 g/mol. The van der Waals surface area contributed by atoms with E-state index in [4.69, 9.17) is 0 Å². The summed E-state index contributed by atoms with van der Waals surface area (Å²) in [5, 5.41) is 11.1. The van der Waals surface area contributed by atoms with E-state index in [1.54, 1.807) is 28.9 Å². The largest absolute Gasteiger partial charge is 0.350 e. The average molecular weight is 355 g/mol. The van der Waals surface area contributed by atoms with Gasteiger partial charge in [-0.2, -0.15) is 5.10 Å². The number of hydrogen-bond acceptors (Lipinski definition) is 4. The zero-order valence-corrected chi connectivity index (χ0v) is 14.4. The Hall–Kier alpha value is -3.29. The van der Waals surface area contributed by atoms with Gasteiger partial charge in [0.25, 0.3) is 5.56 Å². The Bertz CT molecular complexity index is 1010. The molecule has 3 rings (SSSR count). The summed E-state index contributed by atoms with van der Waals surface area (Å²) < 4.78 is 16.2. The Morgan fingerprint density at radius 2 is 1.92 bits per heavy atom. The van der Waals surface area contributed by atoms with Crippen LogP contribution in [0, 0.1) is 19.7 Å². The van der Waals surface area contributed by atoms with Gasteiger partial charge < -0.3 is 5.32 Å². The van der Waals surface area contributed by atoms with Gasteiger partial charge in [-0.05, 0) is 32.0 Å². The third-order valence-corrected chi connectivity index (χ3v) is 3.81. The molecule has 0 aliphatic carbocycles. The smallest absolute Gasteiger partial charge is 0.267 e. The molecule has 26 heavy (non-hydrogen) atoms. The highest BCUT2D eigenvalue weighted by Gasteiger charge is 2.11. The van der Waals surface area contributed by atoms with Crippen LogP contribution in [0.25, 0.3) is 5.82 Å². The van der Waals surface area contributed by atoms with E-state index < -0.39 is 17.3 Å². The summed E-state index contributed by atoms with van der Waals surface area (Å²) in [5.74, 6) is -0.389. The van der Waals surface area contributed by atoms with Crippen molar-refractivity contribution in [3.63, 3.8) is 0 Å². The van der Waals surface area contributed by atoms with Gasteiger partial charge in [0.05, 0.1) is 5.69 Å². The predicted octanol–water partition coefficient (Wildman–Crippen LogP) is 1.50. The van der Waals surface area contributed by atoms with Crippen LogP contribution in [-0.2, 0) is 17.9 Å². The third-order valence-electron chi connectivity index (χ3n) is 3.81. The van der Waals surface area contributed by atoms with Gasteiger partial charge in [0.15, 0.2) is 5.82 Å². The lowest BCUT2D eigenvalue weighted by molar-refractivity contribution is -0.122. The molecular formula is C18H18FN5O2. The van der Waals surface area contributed by atoms with Crippen molar-refractivity contribution in [2.45, 2.75) is 26.9 Å². The van der Waals surface area contributed by atoms with Gasteiger partial charge in [0.1, 0.15) is 12.4 Å². The number of aromatic nitrogens is 4. The molecule has 0 radical (unpaired) electrons. The number of nitrogens with zero attached hydrogens (tertiary/aromatic N) is 4. The van der Waals surface area contributed by atoms with E-state index in [1.807, 2.05) is 19.9 Å². The number of carbonyl (C=O) groups excluding carboxylic acids is 1. The van der Waals surface area contributed by atoms with Gasteiger partial charge in [-0.1, -0.05) is 18.2 Å². The predicted molar refractivity (Wildman–Crippen MR) is 93.3 cm³/mol. The maximum Gasteiger partial charge on any atom is 0.267 e. The molecule has 2 heterocycles. The zero-order valence-electron chi connectivity index (χ0n) is 14.4. The SMILES string of the molecule is Cc1cc(C)n(-c2ccc(=O)n(CC(=O)NCc3ccccc3F)n2)n1. The molecule has 0 unspecified atom stereocenters. The second kappa shape index (κ2) is 7.30. The van der Waals surface area contributed by atoms with Crippen molar-refractivity contribution in [2.24, 2.45) is 0 Å². The van der Waals surface area contributed by atoms with Crippen LogP contribution in [0.4, 0.5) is 4.39 Å². The lowest BCUT2D eigenvalue weighted by atomic mass is 10.2. The minimum Gasteiger partial charge on any atom is -0.350 e. The molecule has 0 bridgehead atoms. The van der Waals surface area contributed by atoms with E-state index >= 15 is 0 Å². The van der Waals surface area contributed by atoms with Crippen LogP contribution in [0.15, 0.2) is 47.3 Å². The van der Waals surface area contributed by atoms with Gasteiger partial charge in [-0.3, -0.25) is 9.59 Å². The summed E-state index contributed by atoms with van der Waals surface area (Å²) >= 11 is 0. The molecule has 134 valence electrons. The van der Waals surface area contributed by atoms with Crippen molar-refractivity contribution in [2.75, 3.05) is 0 Å². The number of hydrogen-bond donors (Lipinski definition) is 1. The van der Waals surface area contributed by atoms with Crippen LogP contribution in [0.2, 0.25) is 0 Å². The Balaban J connectivity index is 1.74. The van der Waals surface area contributed by atoms with Crippen molar-refractivity contribution < 1.29 is 9.18 Å². The minimum absolute atomic E-state index is 0.0391. The molecule has 0 fully saturated rings. The van der Waals surface area contributed by atoms with E-state index in [0.29, 0.717) is 11.4 Å². The van der Waals surface area contributed by atoms with Gasteiger partial charge in [0, 0.05) is 23.9 Å². The van der Waals surface area contributed by atoms with Crippen molar-refractivity contribution in [1.29, 1.82) is 0 Å². The van der Waals surface area contributed by atoms with Crippen LogP contribution >= 0.6 is 0 Å². The number of rotatable bonds is 5. The van der Waals surface area contributed by atoms with E-state index in [2.05, 4.69) is 15.5 Å². The first kappa shape index (κ1) is 17.5. The molecular weight excluding hydrogens is 337 g/mol. The highest BCUT2D eigenvalue weighted by atomic mass is 19.1. The molecule has 1 amide bonds. The normalized spacial score (nSPS) is 10.7. The first-order valence-corrected chi connectivity index (χ1v) is 8.06. The average Bonchev–Trinajstić information content (AvgIpc) is 2.94. The number of aryl methyl sites for hydroxylation is 2. The fraction of sp³-hybridized carbons (Fsp3) is 0.222. The van der Waals surface area contributed by atoms with Crippen molar-refractivity contribution in [3.05, 3.63) is 75.6 Å². The second-order valence-electron chi connectivity index (χ2n) is 5.89. The first-order valence-electron chi connectivity index (χ1n) is 8.06. The summed E-state index contributed by atoms with van der Waals surface area (Å²) in [6.07, 6.45) is 0. The molecule has 1 aromatic carbocycles. The maximum atomic E-state index is 13.6. The molecule has 3 aromatic rings. The fourth-order valence-corrected chi connectivity index (χ4v) is 2.55. The van der Waals surface area contributed by atoms with Crippen LogP contribution < -0.4 is 10.9 Å². The Morgan fingerprint density at radius 1 is 1.15 bits per heavy atom. The topological polar surface area (TPSA) is 81.8 Å². The molecule has 0 atom stereocenters. The fourth-order valence-electron chi connectivity index (χ4n) is 2.55. The standard InChI is InChI=1S/C18H18FN5O2/c1-12-9-13(2)24(21-12)16-7-8-18(26)23(22-16)11-17(25)20-10-14-5-3-4-6-15(14)19/h3-9H,10-11H2,1-2H3,(H,20,25). The molecule has 1 N–H and O–H groups in total. The number of halogens is 1. The number of nitrogens with one attached hydrogen (secondary N) is 1. The highest BCUT2D eigenvalue weighted by Crippen LogP contribution is 2.08. The van der Waals surface area contributed by atoms with Crippen molar-refractivity contribution >= 4 is 5.91 Å². The number of amides is 1. The lowest BCUT2D eigenvalue weighted by Gasteiger charge is -2.09. The summed E-state index contributed by atoms with van der Waals surface area (Å²) in [6.45, 7) is 3.51. The van der Waals surface area contributed by atoms with Crippen LogP contribution in [0.3, 0.4) is 0 Å². The van der Waals surface area contributed by atoms with E-state index in [1.165, 1.54) is 12.1 Å². The van der Waals surface area contributed by atoms with Gasteiger partial charge in [-0.25, -0.2) is 13.8 Å². The molecule has 0 saturated carbocycles. The van der Waals surface area contributed by atoms with Gasteiger partial charge >= 0.3 is 0 Å². The molecule has 7 nitrogen and oxygen atoms in total. The molecule has 2 aromatic heterocycles. The number of benzene rings is 1. The molecule has 8 heteroatoms. The summed E-state index contributed by atoms with van der Waals surface area (Å²) in [4.78, 5) is 24.1. The quantitative estimate of drug-likeness (QED) is 0.752. The van der Waals surface area contributed by atoms with E-state index in [0.717, 1.165) is 16.1 Å². The number of carbonyl (C=O) groups is 1. The Labute approximate surface area is 149 Å². The summed E-state index contributed by atoms with van der Waals surface area (Å²) in [7, 11) is 0. The van der Waals surface area contributed by atoms with Crippen LogP contribution in [0.1, 0.15) is 17.0 Å². The second-order valence-corrected chi connectivity index (χ2v) is 5.89. The van der Waals surface area contributed by atoms with E-state index in [9.17, 15) is 14.0 Å². The maximum absolute atomic E-state index is 13.6. The third kappa shape index (κ3) is 3.85. The molecule has 0 saturated heterocycles. The van der Waals surface area contributed by atoms with Gasteiger partial charge in [-0.15, -0.1) is 5.10 Å². The van der Waals surface area contributed by atoms with Crippen molar-refractivity contribution in [1.82, 2.24) is 24.9 Å². The minimum atomic E-state index is -0.437. The molecule has 0 aliphatic rings. The lowest BCUT2D eigenvalue weighted by Crippen LogP contribution is -2.33. The highest BCUT2D eigenvalue weighted by molar-refractivity contribution is 5.75. The van der Waals surface area contributed by atoms with Crippen LogP contribution in [-0.4, -0.2) is 25.5 Å². The van der Waals surface area contributed by atoms with Crippen LogP contribution in [0.5, 0.6) is 0 Å². The zero-order chi connectivity index (χ0) is 18.7. The van der Waals surface area contributed by atoms with Gasteiger partial charge in [0.2, 0.25) is 5.91 Å². The summed E-state index contributed by atoms with van der Waals surface area (Å²) in [6, 6.07) is 11.0. The van der Waals surface area contributed by atoms with Crippen molar-refractivity contribution in [3.8, 4) is 5.82 Å². The van der Waals surface area contributed by atoms with E-state index in [-0.39, 0.29) is 13.1 Å².